The van der Waals surface area contributed by atoms with Crippen LogP contribution in [0.4, 0.5) is 4.79 Å². The summed E-state index contributed by atoms with van der Waals surface area (Å²) in [5.74, 6) is 0.156. The van der Waals surface area contributed by atoms with E-state index in [9.17, 15) is 14.4 Å². The Morgan fingerprint density at radius 3 is 2.33 bits per heavy atom. The molecule has 9 heteroatoms. The largest absolute Gasteiger partial charge is 0.490 e. The number of ether oxygens (including phenoxy) is 3. The highest BCUT2D eigenvalue weighted by molar-refractivity contribution is 9.10. The molecule has 3 aromatic carbocycles. The minimum Gasteiger partial charge on any atom is -0.490 e. The molecule has 1 aliphatic heterocycles. The molecule has 8 nitrogen and oxygen atoms in total. The maximum absolute atomic E-state index is 13.4. The van der Waals surface area contributed by atoms with Gasteiger partial charge in [0.1, 0.15) is 17.9 Å². The first-order valence-corrected chi connectivity index (χ1v) is 13.4. The zero-order chi connectivity index (χ0) is 27.8. The average molecular weight is 593 g/mol. The number of barbiturate groups is 1. The Hall–Kier alpha value is -4.11. The first-order valence-electron chi connectivity index (χ1n) is 12.6. The summed E-state index contributed by atoms with van der Waals surface area (Å²) < 4.78 is 18.4. The molecule has 0 unspecified atom stereocenters. The topological polar surface area (TPSA) is 94.2 Å². The first kappa shape index (κ1) is 27.9. The second-order valence-corrected chi connectivity index (χ2v) is 9.64. The van der Waals surface area contributed by atoms with Crippen molar-refractivity contribution in [1.82, 2.24) is 10.2 Å². The van der Waals surface area contributed by atoms with Crippen molar-refractivity contribution in [1.29, 1.82) is 0 Å². The van der Waals surface area contributed by atoms with E-state index in [1.54, 1.807) is 42.5 Å². The Labute approximate surface area is 235 Å². The van der Waals surface area contributed by atoms with Crippen LogP contribution in [0.3, 0.4) is 0 Å². The lowest BCUT2D eigenvalue weighted by Crippen LogP contribution is -2.53. The van der Waals surface area contributed by atoms with Crippen molar-refractivity contribution in [3.05, 3.63) is 93.5 Å². The van der Waals surface area contributed by atoms with Crippen LogP contribution in [-0.2, 0) is 22.7 Å². The van der Waals surface area contributed by atoms with Gasteiger partial charge in [-0.1, -0.05) is 59.3 Å². The van der Waals surface area contributed by atoms with E-state index in [1.807, 2.05) is 38.1 Å². The van der Waals surface area contributed by atoms with Gasteiger partial charge in [0.2, 0.25) is 0 Å². The molecule has 202 valence electrons. The smallest absolute Gasteiger partial charge is 0.331 e. The van der Waals surface area contributed by atoms with E-state index < -0.39 is 17.8 Å². The zero-order valence-corrected chi connectivity index (χ0v) is 23.3. The summed E-state index contributed by atoms with van der Waals surface area (Å²) in [5, 5.41) is 2.27. The average Bonchev–Trinajstić information content (AvgIpc) is 2.93. The molecule has 0 aliphatic carbocycles. The van der Waals surface area contributed by atoms with E-state index in [1.165, 1.54) is 6.08 Å². The Balaban J connectivity index is 1.56. The molecule has 0 radical (unpaired) electrons. The second kappa shape index (κ2) is 13.1. The Morgan fingerprint density at radius 2 is 1.59 bits per heavy atom. The molecule has 0 saturated carbocycles. The van der Waals surface area contributed by atoms with Gasteiger partial charge in [0, 0.05) is 10.0 Å². The van der Waals surface area contributed by atoms with E-state index in [-0.39, 0.29) is 12.1 Å². The number of hydrogen-bond acceptors (Lipinski definition) is 6. The summed E-state index contributed by atoms with van der Waals surface area (Å²) >= 11 is 3.41. The number of imide groups is 2. The Morgan fingerprint density at radius 1 is 0.846 bits per heavy atom. The molecular formula is C30H29BrN2O6. The number of carbonyl (C=O) groups excluding carboxylic acids is 3. The molecule has 1 fully saturated rings. The zero-order valence-electron chi connectivity index (χ0n) is 21.7. The van der Waals surface area contributed by atoms with Gasteiger partial charge in [-0.2, -0.15) is 0 Å². The van der Waals surface area contributed by atoms with Crippen molar-refractivity contribution in [2.24, 2.45) is 0 Å². The second-order valence-electron chi connectivity index (χ2n) is 8.72. The van der Waals surface area contributed by atoms with Crippen LogP contribution in [0.15, 0.2) is 76.8 Å². The lowest BCUT2D eigenvalue weighted by atomic mass is 10.1. The van der Waals surface area contributed by atoms with Gasteiger partial charge in [-0.05, 0) is 60.9 Å². The van der Waals surface area contributed by atoms with Crippen LogP contribution in [-0.4, -0.2) is 36.0 Å². The van der Waals surface area contributed by atoms with Crippen LogP contribution in [0.25, 0.3) is 6.08 Å². The van der Waals surface area contributed by atoms with Gasteiger partial charge >= 0.3 is 6.03 Å². The number of nitrogens with zero attached hydrogens (tertiary/aromatic N) is 1. The molecule has 1 aliphatic rings. The van der Waals surface area contributed by atoms with Gasteiger partial charge in [-0.25, -0.2) is 4.79 Å². The number of amides is 4. The van der Waals surface area contributed by atoms with Crippen molar-refractivity contribution in [3.63, 3.8) is 0 Å². The molecule has 4 rings (SSSR count). The molecule has 3 aromatic rings. The van der Waals surface area contributed by atoms with Crippen LogP contribution in [0.5, 0.6) is 17.2 Å². The Kier molecular flexibility index (Phi) is 9.38. The standard InChI is InChI=1S/C30H29BrN2O6/c1-3-15-38-26-14-11-21(16-27(26)37-4-2)18-33-29(35)24(28(34)32-30(33)36)17-22-7-5-6-8-25(22)39-19-20-9-12-23(31)13-10-20/h5-14,16-17H,3-4,15,18-19H2,1-2H3,(H,32,34,36)/b24-17+. The molecule has 1 saturated heterocycles. The summed E-state index contributed by atoms with van der Waals surface area (Å²) in [6.45, 7) is 5.09. The van der Waals surface area contributed by atoms with Gasteiger partial charge in [0.25, 0.3) is 11.8 Å². The van der Waals surface area contributed by atoms with E-state index in [0.29, 0.717) is 48.2 Å². The van der Waals surface area contributed by atoms with Gasteiger partial charge in [0.05, 0.1) is 19.8 Å². The molecule has 4 amide bonds. The Bertz CT molecular complexity index is 1390. The number of halogens is 1. The fraction of sp³-hybridized carbons (Fsp3) is 0.233. The highest BCUT2D eigenvalue weighted by Crippen LogP contribution is 2.30. The van der Waals surface area contributed by atoms with Gasteiger partial charge < -0.3 is 14.2 Å². The SMILES string of the molecule is CCCOc1ccc(CN2C(=O)NC(=O)/C(=C\c3ccccc3OCc3ccc(Br)cc3)C2=O)cc1OCC. The predicted octanol–water partition coefficient (Wildman–Crippen LogP) is 5.88. The molecule has 1 heterocycles. The minimum absolute atomic E-state index is 0.0505. The molecule has 1 N–H and O–H groups in total. The van der Waals surface area contributed by atoms with E-state index in [2.05, 4.69) is 21.2 Å². The lowest BCUT2D eigenvalue weighted by molar-refractivity contribution is -0.130. The third-order valence-corrected chi connectivity index (χ3v) is 6.35. The number of hydrogen-bond donors (Lipinski definition) is 1. The summed E-state index contributed by atoms with van der Waals surface area (Å²) in [6, 6.07) is 19.3. The molecule has 0 atom stereocenters. The van der Waals surface area contributed by atoms with E-state index in [4.69, 9.17) is 14.2 Å². The predicted molar refractivity (Wildman–Crippen MR) is 150 cm³/mol. The van der Waals surface area contributed by atoms with Crippen molar-refractivity contribution in [2.45, 2.75) is 33.4 Å². The molecule has 0 bridgehead atoms. The highest BCUT2D eigenvalue weighted by atomic mass is 79.9. The molecular weight excluding hydrogens is 564 g/mol. The minimum atomic E-state index is -0.786. The normalized spacial score (nSPS) is 14.4. The third-order valence-electron chi connectivity index (χ3n) is 5.82. The van der Waals surface area contributed by atoms with Crippen molar-refractivity contribution < 1.29 is 28.6 Å². The number of rotatable bonds is 11. The molecule has 39 heavy (non-hydrogen) atoms. The van der Waals surface area contributed by atoms with Crippen LogP contribution < -0.4 is 19.5 Å². The number of carbonyl (C=O) groups is 3. The molecule has 0 aromatic heterocycles. The maximum atomic E-state index is 13.4. The third kappa shape index (κ3) is 7.06. The van der Waals surface area contributed by atoms with Crippen LogP contribution in [0.2, 0.25) is 0 Å². The fourth-order valence-electron chi connectivity index (χ4n) is 3.90. The van der Waals surface area contributed by atoms with E-state index in [0.717, 1.165) is 21.4 Å². The quantitative estimate of drug-likeness (QED) is 0.221. The monoisotopic (exact) mass is 592 g/mol. The number of benzene rings is 3. The highest BCUT2D eigenvalue weighted by Gasteiger charge is 2.36. The van der Waals surface area contributed by atoms with Gasteiger partial charge in [-0.3, -0.25) is 19.8 Å². The fourth-order valence-corrected chi connectivity index (χ4v) is 4.16. The van der Waals surface area contributed by atoms with E-state index >= 15 is 0 Å². The van der Waals surface area contributed by atoms with Crippen molar-refractivity contribution >= 4 is 39.9 Å². The van der Waals surface area contributed by atoms with Crippen molar-refractivity contribution in [2.75, 3.05) is 13.2 Å². The van der Waals surface area contributed by atoms with Crippen molar-refractivity contribution in [3.8, 4) is 17.2 Å². The van der Waals surface area contributed by atoms with Crippen LogP contribution in [0, 0.1) is 0 Å². The number of para-hydroxylation sites is 1. The molecule has 0 spiro atoms. The maximum Gasteiger partial charge on any atom is 0.331 e. The summed E-state index contributed by atoms with van der Waals surface area (Å²) in [5.41, 5.74) is 1.99. The summed E-state index contributed by atoms with van der Waals surface area (Å²) in [7, 11) is 0. The number of urea groups is 1. The van der Waals surface area contributed by atoms with Gasteiger partial charge in [-0.15, -0.1) is 0 Å². The first-order chi connectivity index (χ1) is 18.9. The summed E-state index contributed by atoms with van der Waals surface area (Å²) in [4.78, 5) is 39.7. The van der Waals surface area contributed by atoms with Crippen LogP contribution >= 0.6 is 15.9 Å². The lowest BCUT2D eigenvalue weighted by Gasteiger charge is -2.27. The van der Waals surface area contributed by atoms with Crippen LogP contribution in [0.1, 0.15) is 37.0 Å². The van der Waals surface area contributed by atoms with Gasteiger partial charge in [0.15, 0.2) is 11.5 Å². The number of nitrogens with one attached hydrogen (secondary N) is 1. The summed E-state index contributed by atoms with van der Waals surface area (Å²) in [6.07, 6.45) is 2.29.